The minimum atomic E-state index is -0.114. The molecule has 0 heterocycles. The number of carbonyl (C=O) groups excluding carboxylic acids is 1. The van der Waals surface area contributed by atoms with Crippen LogP contribution in [0.4, 0.5) is 0 Å². The molecule has 0 saturated heterocycles. The number of hydrogen-bond donors (Lipinski definition) is 0. The van der Waals surface area contributed by atoms with E-state index in [-0.39, 0.29) is 17.3 Å². The number of esters is 1. The molecule has 18 heavy (non-hydrogen) atoms. The van der Waals surface area contributed by atoms with Crippen LogP contribution in [-0.4, -0.2) is 12.6 Å². The molecule has 1 atom stereocenters. The molecule has 0 unspecified atom stereocenters. The molecule has 0 N–H and O–H groups in total. The third kappa shape index (κ3) is 4.17. The Morgan fingerprint density at radius 1 is 1.22 bits per heavy atom. The van der Waals surface area contributed by atoms with Crippen molar-refractivity contribution in [1.82, 2.24) is 0 Å². The van der Waals surface area contributed by atoms with Crippen LogP contribution in [0.5, 0.6) is 0 Å². The summed E-state index contributed by atoms with van der Waals surface area (Å²) in [5.41, 5.74) is 2.67. The Bertz CT molecular complexity index is 385. The molecule has 0 bridgehead atoms. The molecule has 0 fully saturated rings. The minimum Gasteiger partial charge on any atom is -0.466 e. The van der Waals surface area contributed by atoms with Gasteiger partial charge in [0.15, 0.2) is 0 Å². The summed E-state index contributed by atoms with van der Waals surface area (Å²) in [6, 6.07) is 8.51. The zero-order chi connectivity index (χ0) is 13.8. The van der Waals surface area contributed by atoms with Gasteiger partial charge < -0.3 is 4.74 Å². The van der Waals surface area contributed by atoms with Crippen molar-refractivity contribution < 1.29 is 9.53 Å². The van der Waals surface area contributed by atoms with E-state index in [1.807, 2.05) is 13.8 Å². The summed E-state index contributed by atoms with van der Waals surface area (Å²) in [6.07, 6.45) is 0.739. The van der Waals surface area contributed by atoms with Crippen molar-refractivity contribution in [2.45, 2.75) is 46.5 Å². The van der Waals surface area contributed by atoms with Gasteiger partial charge in [-0.3, -0.25) is 4.79 Å². The molecule has 0 aromatic heterocycles. The van der Waals surface area contributed by atoms with Crippen LogP contribution in [0.1, 0.15) is 45.7 Å². The lowest BCUT2D eigenvalue weighted by Crippen LogP contribution is -2.17. The smallest absolute Gasteiger partial charge is 0.308 e. The van der Waals surface area contributed by atoms with E-state index in [1.165, 1.54) is 11.1 Å². The molecule has 0 saturated carbocycles. The van der Waals surface area contributed by atoms with Crippen LogP contribution in [0.2, 0.25) is 0 Å². The van der Waals surface area contributed by atoms with Crippen LogP contribution in [-0.2, 0) is 21.4 Å². The highest BCUT2D eigenvalue weighted by atomic mass is 16.5. The lowest BCUT2D eigenvalue weighted by atomic mass is 9.86. The van der Waals surface area contributed by atoms with Crippen LogP contribution in [0.25, 0.3) is 0 Å². The van der Waals surface area contributed by atoms with Gasteiger partial charge in [0, 0.05) is 0 Å². The van der Waals surface area contributed by atoms with E-state index < -0.39 is 0 Å². The molecule has 0 amide bonds. The maximum absolute atomic E-state index is 11.6. The number of hydrogen-bond acceptors (Lipinski definition) is 2. The van der Waals surface area contributed by atoms with Gasteiger partial charge in [-0.15, -0.1) is 0 Å². The highest BCUT2D eigenvalue weighted by Gasteiger charge is 2.16. The fraction of sp³-hybridized carbons (Fsp3) is 0.562. The quantitative estimate of drug-likeness (QED) is 0.759. The molecule has 100 valence electrons. The van der Waals surface area contributed by atoms with Gasteiger partial charge in [0.1, 0.15) is 0 Å². The molecule has 1 aromatic carbocycles. The third-order valence-electron chi connectivity index (χ3n) is 3.05. The first kappa shape index (κ1) is 14.7. The molecular formula is C16H24O2. The average Bonchev–Trinajstić information content (AvgIpc) is 2.28. The zero-order valence-electron chi connectivity index (χ0n) is 12.1. The largest absolute Gasteiger partial charge is 0.466 e. The summed E-state index contributed by atoms with van der Waals surface area (Å²) in [5.74, 6) is -0.192. The third-order valence-corrected chi connectivity index (χ3v) is 3.05. The Morgan fingerprint density at radius 2 is 1.78 bits per heavy atom. The first-order valence-corrected chi connectivity index (χ1v) is 6.60. The number of benzene rings is 1. The fourth-order valence-electron chi connectivity index (χ4n) is 1.86. The molecule has 0 aliphatic heterocycles. The van der Waals surface area contributed by atoms with Crippen LogP contribution in [0.15, 0.2) is 24.3 Å². The SMILES string of the molecule is CCOC(=O)[C@@H](C)Cc1ccc(C(C)(C)C)cc1. The lowest BCUT2D eigenvalue weighted by Gasteiger charge is -2.19. The first-order chi connectivity index (χ1) is 8.34. The highest BCUT2D eigenvalue weighted by molar-refractivity contribution is 5.72. The van der Waals surface area contributed by atoms with Gasteiger partial charge in [-0.1, -0.05) is 52.0 Å². The number of ether oxygens (including phenoxy) is 1. The van der Waals surface area contributed by atoms with Gasteiger partial charge in [-0.2, -0.15) is 0 Å². The zero-order valence-corrected chi connectivity index (χ0v) is 12.1. The molecular weight excluding hydrogens is 224 g/mol. The maximum Gasteiger partial charge on any atom is 0.308 e. The molecule has 0 aliphatic rings. The van der Waals surface area contributed by atoms with Crippen molar-refractivity contribution in [3.8, 4) is 0 Å². The van der Waals surface area contributed by atoms with E-state index in [4.69, 9.17) is 4.74 Å². The van der Waals surface area contributed by atoms with Crippen molar-refractivity contribution in [3.63, 3.8) is 0 Å². The van der Waals surface area contributed by atoms with Gasteiger partial charge >= 0.3 is 5.97 Å². The monoisotopic (exact) mass is 248 g/mol. The molecule has 2 heteroatoms. The van der Waals surface area contributed by atoms with E-state index in [0.29, 0.717) is 6.61 Å². The van der Waals surface area contributed by atoms with Crippen LogP contribution >= 0.6 is 0 Å². The van der Waals surface area contributed by atoms with Crippen LogP contribution in [0, 0.1) is 5.92 Å². The standard InChI is InChI=1S/C16H24O2/c1-6-18-15(17)12(2)11-13-7-9-14(10-8-13)16(3,4)5/h7-10,12H,6,11H2,1-5H3/t12-/m0/s1. The van der Waals surface area contributed by atoms with E-state index in [2.05, 4.69) is 45.0 Å². The summed E-state index contributed by atoms with van der Waals surface area (Å²) in [5, 5.41) is 0. The number of carbonyl (C=O) groups is 1. The molecule has 1 aromatic rings. The average molecular weight is 248 g/mol. The van der Waals surface area contributed by atoms with Crippen molar-refractivity contribution in [1.29, 1.82) is 0 Å². The molecule has 0 aliphatic carbocycles. The van der Waals surface area contributed by atoms with Crippen molar-refractivity contribution in [2.75, 3.05) is 6.61 Å². The van der Waals surface area contributed by atoms with E-state index in [0.717, 1.165) is 6.42 Å². The molecule has 0 radical (unpaired) electrons. The topological polar surface area (TPSA) is 26.3 Å². The lowest BCUT2D eigenvalue weighted by molar-refractivity contribution is -0.147. The Morgan fingerprint density at radius 3 is 2.22 bits per heavy atom. The van der Waals surface area contributed by atoms with E-state index in [9.17, 15) is 4.79 Å². The van der Waals surface area contributed by atoms with Crippen molar-refractivity contribution in [2.24, 2.45) is 5.92 Å². The van der Waals surface area contributed by atoms with Gasteiger partial charge in [0.2, 0.25) is 0 Å². The van der Waals surface area contributed by atoms with Gasteiger partial charge in [-0.25, -0.2) is 0 Å². The Hall–Kier alpha value is -1.31. The molecule has 0 spiro atoms. The summed E-state index contributed by atoms with van der Waals surface area (Å²) in [4.78, 5) is 11.6. The van der Waals surface area contributed by atoms with Gasteiger partial charge in [0.05, 0.1) is 12.5 Å². The predicted molar refractivity (Wildman–Crippen MR) is 74.6 cm³/mol. The second-order valence-corrected chi connectivity index (χ2v) is 5.80. The Balaban J connectivity index is 2.67. The Labute approximate surface area is 110 Å². The second-order valence-electron chi connectivity index (χ2n) is 5.80. The Kier molecular flexibility index (Phi) is 4.94. The minimum absolute atomic E-state index is 0.0783. The summed E-state index contributed by atoms with van der Waals surface area (Å²) in [7, 11) is 0. The van der Waals surface area contributed by atoms with E-state index >= 15 is 0 Å². The second kappa shape index (κ2) is 6.03. The van der Waals surface area contributed by atoms with Gasteiger partial charge in [0.25, 0.3) is 0 Å². The summed E-state index contributed by atoms with van der Waals surface area (Å²) >= 11 is 0. The maximum atomic E-state index is 11.6. The fourth-order valence-corrected chi connectivity index (χ4v) is 1.86. The normalized spacial score (nSPS) is 13.2. The van der Waals surface area contributed by atoms with E-state index in [1.54, 1.807) is 0 Å². The van der Waals surface area contributed by atoms with Crippen molar-refractivity contribution in [3.05, 3.63) is 35.4 Å². The van der Waals surface area contributed by atoms with Crippen molar-refractivity contribution >= 4 is 5.97 Å². The number of rotatable bonds is 4. The summed E-state index contributed by atoms with van der Waals surface area (Å²) in [6.45, 7) is 10.8. The van der Waals surface area contributed by atoms with Crippen LogP contribution in [0.3, 0.4) is 0 Å². The molecule has 2 nitrogen and oxygen atoms in total. The molecule has 1 rings (SSSR count). The highest BCUT2D eigenvalue weighted by Crippen LogP contribution is 2.23. The van der Waals surface area contributed by atoms with Crippen LogP contribution < -0.4 is 0 Å². The summed E-state index contributed by atoms with van der Waals surface area (Å²) < 4.78 is 5.01. The first-order valence-electron chi connectivity index (χ1n) is 6.60. The predicted octanol–water partition coefficient (Wildman–Crippen LogP) is 3.73. The van der Waals surface area contributed by atoms with Gasteiger partial charge in [-0.05, 0) is 29.9 Å².